The fraction of sp³-hybridized carbons (Fsp3) is 0.333. The first-order valence-corrected chi connectivity index (χ1v) is 10.6. The number of nitrogens with zero attached hydrogens (tertiary/aromatic N) is 1. The Morgan fingerprint density at radius 2 is 1.94 bits per heavy atom. The minimum atomic E-state index is -0.925. The first-order valence-electron chi connectivity index (χ1n) is 10.6. The number of methoxy groups -OCH3 is 1. The van der Waals surface area contributed by atoms with Crippen LogP contribution in [-0.4, -0.2) is 48.4 Å². The van der Waals surface area contributed by atoms with Crippen LogP contribution in [0.4, 0.5) is 8.78 Å². The normalized spacial score (nSPS) is 14.5. The molecule has 0 aliphatic carbocycles. The SMILES string of the molecule is COc1ccc2[nH]cc(C3CCN(C(=O)CCNC(=O)c4ccc(F)cc4F)CC3)c2c1. The summed E-state index contributed by atoms with van der Waals surface area (Å²) >= 11 is 0. The van der Waals surface area contributed by atoms with Crippen molar-refractivity contribution in [1.82, 2.24) is 15.2 Å². The van der Waals surface area contributed by atoms with E-state index in [9.17, 15) is 18.4 Å². The van der Waals surface area contributed by atoms with Gasteiger partial charge in [-0.1, -0.05) is 0 Å². The number of piperidine rings is 1. The first kappa shape index (κ1) is 21.8. The highest BCUT2D eigenvalue weighted by atomic mass is 19.1. The van der Waals surface area contributed by atoms with Crippen molar-refractivity contribution < 1.29 is 23.1 Å². The van der Waals surface area contributed by atoms with Gasteiger partial charge >= 0.3 is 0 Å². The van der Waals surface area contributed by atoms with E-state index in [2.05, 4.69) is 10.3 Å². The quantitative estimate of drug-likeness (QED) is 0.608. The maximum Gasteiger partial charge on any atom is 0.254 e. The molecule has 1 aliphatic heterocycles. The van der Waals surface area contributed by atoms with Crippen LogP contribution < -0.4 is 10.1 Å². The van der Waals surface area contributed by atoms with E-state index in [1.54, 1.807) is 12.0 Å². The standard InChI is InChI=1S/C24H25F2N3O3/c1-32-17-3-5-22-19(13-17)20(14-28-22)15-7-10-29(11-8-15)23(30)6-9-27-24(31)18-4-2-16(25)12-21(18)26/h2-5,12-15,28H,6-11H2,1H3,(H,27,31). The van der Waals surface area contributed by atoms with Crippen molar-refractivity contribution in [2.45, 2.75) is 25.2 Å². The van der Waals surface area contributed by atoms with Crippen LogP contribution in [0, 0.1) is 11.6 Å². The smallest absolute Gasteiger partial charge is 0.254 e. The molecule has 0 bridgehead atoms. The number of nitrogens with one attached hydrogen (secondary N) is 2. The first-order chi connectivity index (χ1) is 15.5. The van der Waals surface area contributed by atoms with E-state index < -0.39 is 17.5 Å². The van der Waals surface area contributed by atoms with Gasteiger partial charge in [-0.25, -0.2) is 8.78 Å². The van der Waals surface area contributed by atoms with Crippen LogP contribution in [0.2, 0.25) is 0 Å². The summed E-state index contributed by atoms with van der Waals surface area (Å²) in [6.45, 7) is 1.37. The molecule has 32 heavy (non-hydrogen) atoms. The number of carbonyl (C=O) groups excluding carboxylic acids is 2. The van der Waals surface area contributed by atoms with Gasteiger partial charge in [-0.05, 0) is 54.7 Å². The average molecular weight is 441 g/mol. The number of ether oxygens (including phenoxy) is 1. The number of likely N-dealkylation sites (tertiary alicyclic amines) is 1. The molecule has 8 heteroatoms. The summed E-state index contributed by atoms with van der Waals surface area (Å²) in [5, 5.41) is 3.67. The van der Waals surface area contributed by atoms with Gasteiger partial charge in [-0.15, -0.1) is 0 Å². The Morgan fingerprint density at radius 1 is 1.16 bits per heavy atom. The number of aromatic nitrogens is 1. The third kappa shape index (κ3) is 4.59. The summed E-state index contributed by atoms with van der Waals surface area (Å²) in [7, 11) is 1.65. The highest BCUT2D eigenvalue weighted by Crippen LogP contribution is 2.34. The zero-order chi connectivity index (χ0) is 22.7. The molecule has 1 aromatic heterocycles. The Morgan fingerprint density at radius 3 is 2.66 bits per heavy atom. The van der Waals surface area contributed by atoms with Crippen molar-refractivity contribution in [3.8, 4) is 5.75 Å². The summed E-state index contributed by atoms with van der Waals surface area (Å²) in [5.74, 6) is -1.22. The molecule has 1 saturated heterocycles. The Bertz CT molecular complexity index is 1140. The molecule has 6 nitrogen and oxygen atoms in total. The molecular formula is C24H25F2N3O3. The lowest BCUT2D eigenvalue weighted by Gasteiger charge is -2.32. The second-order valence-corrected chi connectivity index (χ2v) is 7.94. The largest absolute Gasteiger partial charge is 0.497 e. The van der Waals surface area contributed by atoms with Crippen molar-refractivity contribution in [3.63, 3.8) is 0 Å². The Balaban J connectivity index is 1.28. The van der Waals surface area contributed by atoms with Crippen LogP contribution in [0.5, 0.6) is 5.75 Å². The third-order valence-corrected chi connectivity index (χ3v) is 6.01. The van der Waals surface area contributed by atoms with Gasteiger partial charge in [-0.3, -0.25) is 9.59 Å². The molecule has 0 atom stereocenters. The number of hydrogen-bond acceptors (Lipinski definition) is 3. The number of aromatic amines is 1. The van der Waals surface area contributed by atoms with Gasteiger partial charge in [-0.2, -0.15) is 0 Å². The maximum absolute atomic E-state index is 13.7. The zero-order valence-corrected chi connectivity index (χ0v) is 17.8. The minimum Gasteiger partial charge on any atom is -0.497 e. The van der Waals surface area contributed by atoms with Crippen molar-refractivity contribution in [3.05, 3.63) is 65.4 Å². The molecule has 0 spiro atoms. The molecule has 3 aromatic rings. The Kier molecular flexibility index (Phi) is 6.39. The van der Waals surface area contributed by atoms with E-state index in [0.717, 1.165) is 41.6 Å². The number of benzene rings is 2. The lowest BCUT2D eigenvalue weighted by molar-refractivity contribution is -0.132. The van der Waals surface area contributed by atoms with Gasteiger partial charge in [0, 0.05) is 49.2 Å². The molecule has 2 heterocycles. The molecule has 0 saturated carbocycles. The zero-order valence-electron chi connectivity index (χ0n) is 17.8. The predicted octanol–water partition coefficient (Wildman–Crippen LogP) is 3.98. The molecule has 0 radical (unpaired) electrons. The van der Waals surface area contributed by atoms with Gasteiger partial charge in [0.25, 0.3) is 5.91 Å². The van der Waals surface area contributed by atoms with Crippen molar-refractivity contribution in [1.29, 1.82) is 0 Å². The average Bonchev–Trinajstić information content (AvgIpc) is 3.22. The summed E-state index contributed by atoms with van der Waals surface area (Å²) in [6.07, 6.45) is 3.87. The van der Waals surface area contributed by atoms with Gasteiger partial charge < -0.3 is 19.9 Å². The van der Waals surface area contributed by atoms with Gasteiger partial charge in [0.15, 0.2) is 0 Å². The number of carbonyl (C=O) groups is 2. The fourth-order valence-corrected chi connectivity index (χ4v) is 4.24. The summed E-state index contributed by atoms with van der Waals surface area (Å²) in [5.41, 5.74) is 2.06. The molecule has 168 valence electrons. The summed E-state index contributed by atoms with van der Waals surface area (Å²) in [6, 6.07) is 8.73. The predicted molar refractivity (Wildman–Crippen MR) is 117 cm³/mol. The number of amides is 2. The van der Waals surface area contributed by atoms with E-state index in [-0.39, 0.29) is 24.4 Å². The number of H-pyrrole nitrogens is 1. The third-order valence-electron chi connectivity index (χ3n) is 6.01. The van der Waals surface area contributed by atoms with E-state index in [1.807, 2.05) is 24.4 Å². The van der Waals surface area contributed by atoms with Gasteiger partial charge in [0.2, 0.25) is 5.91 Å². The van der Waals surface area contributed by atoms with Crippen LogP contribution in [0.25, 0.3) is 10.9 Å². The summed E-state index contributed by atoms with van der Waals surface area (Å²) in [4.78, 5) is 29.7. The highest BCUT2D eigenvalue weighted by Gasteiger charge is 2.25. The molecule has 2 aromatic carbocycles. The number of hydrogen-bond donors (Lipinski definition) is 2. The van der Waals surface area contributed by atoms with Crippen molar-refractivity contribution >= 4 is 22.7 Å². The lowest BCUT2D eigenvalue weighted by Crippen LogP contribution is -2.39. The van der Waals surface area contributed by atoms with Crippen molar-refractivity contribution in [2.24, 2.45) is 0 Å². The molecule has 1 fully saturated rings. The van der Waals surface area contributed by atoms with Crippen LogP contribution in [0.3, 0.4) is 0 Å². The second kappa shape index (κ2) is 9.38. The number of halogens is 2. The minimum absolute atomic E-state index is 0.0519. The summed E-state index contributed by atoms with van der Waals surface area (Å²) < 4.78 is 32.0. The molecule has 4 rings (SSSR count). The monoisotopic (exact) mass is 441 g/mol. The van der Waals surface area contributed by atoms with Crippen LogP contribution in [-0.2, 0) is 4.79 Å². The van der Waals surface area contributed by atoms with Crippen LogP contribution >= 0.6 is 0 Å². The van der Waals surface area contributed by atoms with Crippen LogP contribution in [0.15, 0.2) is 42.6 Å². The van der Waals surface area contributed by atoms with E-state index in [4.69, 9.17) is 4.74 Å². The van der Waals surface area contributed by atoms with Crippen molar-refractivity contribution in [2.75, 3.05) is 26.7 Å². The molecular weight excluding hydrogens is 416 g/mol. The molecule has 2 amide bonds. The Hall–Kier alpha value is -3.42. The fourth-order valence-electron chi connectivity index (χ4n) is 4.24. The van der Waals surface area contributed by atoms with E-state index in [0.29, 0.717) is 25.1 Å². The molecule has 2 N–H and O–H groups in total. The van der Waals surface area contributed by atoms with Gasteiger partial charge in [0.1, 0.15) is 17.4 Å². The lowest BCUT2D eigenvalue weighted by atomic mass is 9.89. The van der Waals surface area contributed by atoms with E-state index in [1.165, 1.54) is 5.56 Å². The highest BCUT2D eigenvalue weighted by molar-refractivity contribution is 5.94. The molecule has 0 unspecified atom stereocenters. The topological polar surface area (TPSA) is 74.4 Å². The van der Waals surface area contributed by atoms with E-state index >= 15 is 0 Å². The number of rotatable bonds is 6. The number of fused-ring (bicyclic) bond motifs is 1. The maximum atomic E-state index is 13.7. The second-order valence-electron chi connectivity index (χ2n) is 7.94. The Labute approximate surface area is 184 Å². The molecule has 1 aliphatic rings. The van der Waals surface area contributed by atoms with Crippen LogP contribution in [0.1, 0.15) is 41.1 Å². The van der Waals surface area contributed by atoms with Gasteiger partial charge in [0.05, 0.1) is 12.7 Å².